The van der Waals surface area contributed by atoms with Crippen LogP contribution in [0.5, 0.6) is 0 Å². The van der Waals surface area contributed by atoms with Crippen LogP contribution in [0.15, 0.2) is 29.2 Å². The molecule has 1 saturated heterocycles. The number of hydrogen-bond donors (Lipinski definition) is 1. The van der Waals surface area contributed by atoms with Gasteiger partial charge in [0.15, 0.2) is 5.78 Å². The van der Waals surface area contributed by atoms with Crippen LogP contribution < -0.4 is 5.73 Å². The van der Waals surface area contributed by atoms with Gasteiger partial charge in [0.1, 0.15) is 0 Å². The van der Waals surface area contributed by atoms with E-state index in [1.807, 2.05) is 35.4 Å². The molecule has 1 amide bonds. The molecule has 1 aromatic carbocycles. The van der Waals surface area contributed by atoms with Crippen LogP contribution >= 0.6 is 11.8 Å². The zero-order valence-electron chi connectivity index (χ0n) is 11.0. The highest BCUT2D eigenvalue weighted by Crippen LogP contribution is 2.18. The molecule has 1 heterocycles. The Hall–Kier alpha value is -1.33. The van der Waals surface area contributed by atoms with Gasteiger partial charge < -0.3 is 5.73 Å². The first-order valence-corrected chi connectivity index (χ1v) is 7.51. The Labute approximate surface area is 117 Å². The minimum absolute atomic E-state index is 0.0952. The zero-order valence-corrected chi connectivity index (χ0v) is 11.8. The number of carbonyl (C=O) groups excluding carboxylic acids is 2. The third-order valence-electron chi connectivity index (χ3n) is 3.45. The van der Waals surface area contributed by atoms with Crippen LogP contribution in [0.1, 0.15) is 16.8 Å². The number of primary amides is 1. The molecule has 1 aromatic rings. The summed E-state index contributed by atoms with van der Waals surface area (Å²) in [4.78, 5) is 26.3. The van der Waals surface area contributed by atoms with Crippen LogP contribution in [0.4, 0.5) is 0 Å². The molecule has 1 unspecified atom stereocenters. The lowest BCUT2D eigenvalue weighted by molar-refractivity contribution is -0.121. The Morgan fingerprint density at radius 3 is 2.58 bits per heavy atom. The van der Waals surface area contributed by atoms with E-state index < -0.39 is 0 Å². The number of Topliss-reactive ketones (excluding diaryl/α,β-unsaturated/α-hetero) is 1. The number of hydrogen-bond acceptors (Lipinski definition) is 4. The summed E-state index contributed by atoms with van der Waals surface area (Å²) in [6.45, 7) is 1.73. The van der Waals surface area contributed by atoms with Crippen LogP contribution in [0.3, 0.4) is 0 Å². The van der Waals surface area contributed by atoms with Crippen molar-refractivity contribution in [2.45, 2.75) is 11.3 Å². The van der Waals surface area contributed by atoms with Crippen molar-refractivity contribution in [3.8, 4) is 0 Å². The molecule has 1 aliphatic rings. The third-order valence-corrected chi connectivity index (χ3v) is 4.20. The topological polar surface area (TPSA) is 63.4 Å². The Kier molecular flexibility index (Phi) is 4.61. The number of likely N-dealkylation sites (tertiary alicyclic amines) is 1. The predicted molar refractivity (Wildman–Crippen MR) is 76.3 cm³/mol. The zero-order chi connectivity index (χ0) is 13.8. The van der Waals surface area contributed by atoms with E-state index >= 15 is 0 Å². The van der Waals surface area contributed by atoms with Gasteiger partial charge in [-0.05, 0) is 31.4 Å². The number of benzene rings is 1. The summed E-state index contributed by atoms with van der Waals surface area (Å²) >= 11 is 1.65. The van der Waals surface area contributed by atoms with Gasteiger partial charge in [-0.1, -0.05) is 12.1 Å². The Morgan fingerprint density at radius 1 is 1.37 bits per heavy atom. The van der Waals surface area contributed by atoms with Crippen LogP contribution in [-0.2, 0) is 4.79 Å². The average molecular weight is 278 g/mol. The maximum atomic E-state index is 12.1. The van der Waals surface area contributed by atoms with Crippen molar-refractivity contribution in [2.75, 3.05) is 25.9 Å². The molecular weight excluding hydrogens is 260 g/mol. The quantitative estimate of drug-likeness (QED) is 0.653. The normalized spacial score (nSPS) is 19.5. The summed E-state index contributed by atoms with van der Waals surface area (Å²) in [5.74, 6) is -0.274. The lowest BCUT2D eigenvalue weighted by Crippen LogP contribution is -2.31. The highest BCUT2D eigenvalue weighted by Gasteiger charge is 2.27. The molecule has 1 atom stereocenters. The summed E-state index contributed by atoms with van der Waals surface area (Å²) in [5.41, 5.74) is 6.00. The predicted octanol–water partition coefficient (Wildman–Crippen LogP) is 1.40. The highest BCUT2D eigenvalue weighted by molar-refractivity contribution is 7.98. The monoisotopic (exact) mass is 278 g/mol. The fourth-order valence-electron chi connectivity index (χ4n) is 2.28. The van der Waals surface area contributed by atoms with Gasteiger partial charge in [0.25, 0.3) is 0 Å². The number of carbonyl (C=O) groups is 2. The molecule has 0 aliphatic carbocycles. The van der Waals surface area contributed by atoms with Gasteiger partial charge >= 0.3 is 0 Å². The van der Waals surface area contributed by atoms with Crippen molar-refractivity contribution in [2.24, 2.45) is 11.7 Å². The Bertz CT molecular complexity index is 473. The van der Waals surface area contributed by atoms with E-state index in [1.54, 1.807) is 11.8 Å². The van der Waals surface area contributed by atoms with Crippen LogP contribution in [0.25, 0.3) is 0 Å². The maximum Gasteiger partial charge on any atom is 0.221 e. The summed E-state index contributed by atoms with van der Waals surface area (Å²) in [6.07, 6.45) is 2.76. The summed E-state index contributed by atoms with van der Waals surface area (Å²) in [7, 11) is 0. The van der Waals surface area contributed by atoms with Gasteiger partial charge in [-0.3, -0.25) is 14.5 Å². The molecule has 19 heavy (non-hydrogen) atoms. The van der Waals surface area contributed by atoms with Gasteiger partial charge in [0, 0.05) is 17.0 Å². The number of amides is 1. The summed E-state index contributed by atoms with van der Waals surface area (Å²) in [6, 6.07) is 7.62. The summed E-state index contributed by atoms with van der Waals surface area (Å²) in [5, 5.41) is 0. The molecule has 102 valence electrons. The molecule has 2 N–H and O–H groups in total. The summed E-state index contributed by atoms with van der Waals surface area (Å²) < 4.78 is 0. The second-order valence-electron chi connectivity index (χ2n) is 4.77. The minimum atomic E-state index is -0.265. The Morgan fingerprint density at radius 2 is 2.05 bits per heavy atom. The molecule has 0 radical (unpaired) electrons. The molecular formula is C14H18N2O2S. The number of rotatable bonds is 5. The Balaban J connectivity index is 1.92. The lowest BCUT2D eigenvalue weighted by Gasteiger charge is -2.14. The van der Waals surface area contributed by atoms with Gasteiger partial charge in [0.2, 0.25) is 5.91 Å². The van der Waals surface area contributed by atoms with Crippen LogP contribution in [-0.4, -0.2) is 42.5 Å². The van der Waals surface area contributed by atoms with Crippen molar-refractivity contribution >= 4 is 23.5 Å². The molecule has 0 spiro atoms. The van der Waals surface area contributed by atoms with Gasteiger partial charge in [-0.25, -0.2) is 0 Å². The molecule has 2 rings (SSSR count). The van der Waals surface area contributed by atoms with Crippen LogP contribution in [0, 0.1) is 5.92 Å². The van der Waals surface area contributed by atoms with Gasteiger partial charge in [-0.2, -0.15) is 0 Å². The van der Waals surface area contributed by atoms with Crippen molar-refractivity contribution in [1.29, 1.82) is 0 Å². The van der Waals surface area contributed by atoms with Crippen molar-refractivity contribution in [3.63, 3.8) is 0 Å². The standard InChI is InChI=1S/C14H18N2O2S/c1-19-12-4-2-10(3-5-12)13(17)9-16-7-6-11(8-16)14(15)18/h2-5,11H,6-9H2,1H3,(H2,15,18). The maximum absolute atomic E-state index is 12.1. The third kappa shape index (κ3) is 3.58. The first-order valence-electron chi connectivity index (χ1n) is 6.29. The van der Waals surface area contributed by atoms with Crippen molar-refractivity contribution in [1.82, 2.24) is 4.90 Å². The smallest absolute Gasteiger partial charge is 0.221 e. The van der Waals surface area contributed by atoms with E-state index in [9.17, 15) is 9.59 Å². The van der Waals surface area contributed by atoms with Crippen molar-refractivity contribution < 1.29 is 9.59 Å². The van der Waals surface area contributed by atoms with E-state index in [4.69, 9.17) is 5.73 Å². The second kappa shape index (κ2) is 6.21. The number of ketones is 1. The fourth-order valence-corrected chi connectivity index (χ4v) is 2.69. The molecule has 0 bridgehead atoms. The molecule has 0 saturated carbocycles. The second-order valence-corrected chi connectivity index (χ2v) is 5.65. The SMILES string of the molecule is CSc1ccc(C(=O)CN2CCC(C(N)=O)C2)cc1. The molecule has 5 heteroatoms. The first-order chi connectivity index (χ1) is 9.10. The molecule has 4 nitrogen and oxygen atoms in total. The highest BCUT2D eigenvalue weighted by atomic mass is 32.2. The van der Waals surface area contributed by atoms with E-state index in [1.165, 1.54) is 0 Å². The number of nitrogens with zero attached hydrogens (tertiary/aromatic N) is 1. The average Bonchev–Trinajstić information content (AvgIpc) is 2.87. The molecule has 0 aromatic heterocycles. The van der Waals surface area contributed by atoms with E-state index in [0.717, 1.165) is 23.4 Å². The molecule has 1 fully saturated rings. The van der Waals surface area contributed by atoms with Crippen molar-refractivity contribution in [3.05, 3.63) is 29.8 Å². The first kappa shape index (κ1) is 14.1. The van der Waals surface area contributed by atoms with E-state index in [2.05, 4.69) is 0 Å². The van der Waals surface area contributed by atoms with E-state index in [0.29, 0.717) is 13.1 Å². The van der Waals surface area contributed by atoms with E-state index in [-0.39, 0.29) is 17.6 Å². The minimum Gasteiger partial charge on any atom is -0.369 e. The number of thioether (sulfide) groups is 1. The number of nitrogens with two attached hydrogens (primary N) is 1. The van der Waals surface area contributed by atoms with Gasteiger partial charge in [-0.15, -0.1) is 11.8 Å². The molecule has 1 aliphatic heterocycles. The van der Waals surface area contributed by atoms with Crippen LogP contribution in [0.2, 0.25) is 0 Å². The van der Waals surface area contributed by atoms with Gasteiger partial charge in [0.05, 0.1) is 12.5 Å². The lowest BCUT2D eigenvalue weighted by atomic mass is 10.1. The fraction of sp³-hybridized carbons (Fsp3) is 0.429. The largest absolute Gasteiger partial charge is 0.369 e.